The van der Waals surface area contributed by atoms with Crippen molar-refractivity contribution in [3.05, 3.63) is 54.4 Å². The lowest BCUT2D eigenvalue weighted by Crippen LogP contribution is -2.48. The Morgan fingerprint density at radius 3 is 2.84 bits per heavy atom. The lowest BCUT2D eigenvalue weighted by atomic mass is 10.0. The van der Waals surface area contributed by atoms with Crippen molar-refractivity contribution in [2.75, 3.05) is 26.7 Å². The maximum Gasteiger partial charge on any atom is 0.415 e. The predicted molar refractivity (Wildman–Crippen MR) is 138 cm³/mol. The third kappa shape index (κ3) is 6.84. The van der Waals surface area contributed by atoms with Gasteiger partial charge in [0.05, 0.1) is 38.1 Å². The fraction of sp³-hybridized carbons (Fsp3) is 0.481. The zero-order valence-electron chi connectivity index (χ0n) is 21.6. The molecular weight excluding hydrogens is 474 g/mol. The summed E-state index contributed by atoms with van der Waals surface area (Å²) in [4.78, 5) is 29.1. The van der Waals surface area contributed by atoms with Crippen molar-refractivity contribution in [3.63, 3.8) is 0 Å². The molecule has 2 heterocycles. The fourth-order valence-corrected chi connectivity index (χ4v) is 4.45. The number of amides is 2. The molecule has 3 atom stereocenters. The summed E-state index contributed by atoms with van der Waals surface area (Å²) in [7, 11) is 1.66. The highest BCUT2D eigenvalue weighted by Crippen LogP contribution is 2.22. The van der Waals surface area contributed by atoms with Gasteiger partial charge in [0, 0.05) is 32.5 Å². The van der Waals surface area contributed by atoms with Crippen molar-refractivity contribution in [2.45, 2.75) is 52.0 Å². The molecule has 1 N–H and O–H groups in total. The summed E-state index contributed by atoms with van der Waals surface area (Å²) in [5.74, 6) is 0.296. The number of fused-ring (bicyclic) bond motifs is 3. The largest absolute Gasteiger partial charge is 0.415 e. The van der Waals surface area contributed by atoms with E-state index in [1.807, 2.05) is 56.4 Å². The summed E-state index contributed by atoms with van der Waals surface area (Å²) in [5.41, 5.74) is 0.685. The second-order valence-corrected chi connectivity index (χ2v) is 9.74. The van der Waals surface area contributed by atoms with Crippen LogP contribution in [0.15, 0.2) is 48.7 Å². The molecule has 37 heavy (non-hydrogen) atoms. The van der Waals surface area contributed by atoms with Crippen LogP contribution in [0.25, 0.3) is 10.8 Å². The highest BCUT2D eigenvalue weighted by Gasteiger charge is 2.29. The van der Waals surface area contributed by atoms with Crippen molar-refractivity contribution in [1.29, 1.82) is 0 Å². The van der Waals surface area contributed by atoms with Crippen molar-refractivity contribution in [1.82, 2.24) is 24.8 Å². The molecule has 2 amide bonds. The number of likely N-dealkylation sites (N-methyl/N-ethyl adjacent to an activating group) is 1. The van der Waals surface area contributed by atoms with E-state index in [0.717, 1.165) is 10.8 Å². The van der Waals surface area contributed by atoms with Gasteiger partial charge >= 0.3 is 6.09 Å². The predicted octanol–water partition coefficient (Wildman–Crippen LogP) is 3.09. The Balaban J connectivity index is 1.48. The maximum atomic E-state index is 13.0. The second kappa shape index (κ2) is 12.2. The third-order valence-corrected chi connectivity index (χ3v) is 6.74. The van der Waals surface area contributed by atoms with E-state index in [-0.39, 0.29) is 37.6 Å². The number of carbonyl (C=O) groups is 2. The second-order valence-electron chi connectivity index (χ2n) is 9.74. The monoisotopic (exact) mass is 509 g/mol. The van der Waals surface area contributed by atoms with Gasteiger partial charge in [0.1, 0.15) is 11.4 Å². The molecule has 2 aromatic carbocycles. The molecule has 1 aromatic heterocycles. The van der Waals surface area contributed by atoms with E-state index >= 15 is 0 Å². The van der Waals surface area contributed by atoms with Crippen molar-refractivity contribution in [3.8, 4) is 5.75 Å². The Bertz CT molecular complexity index is 1210. The number of rotatable bonds is 5. The van der Waals surface area contributed by atoms with Crippen molar-refractivity contribution in [2.24, 2.45) is 5.92 Å². The zero-order chi connectivity index (χ0) is 26.4. The number of aliphatic hydroxyl groups is 1. The third-order valence-electron chi connectivity index (χ3n) is 6.74. The van der Waals surface area contributed by atoms with Crippen LogP contribution in [0.3, 0.4) is 0 Å². The molecular formula is C27H35N5O5. The van der Waals surface area contributed by atoms with Crippen LogP contribution in [0.4, 0.5) is 4.79 Å². The maximum absolute atomic E-state index is 13.0. The van der Waals surface area contributed by atoms with Crippen LogP contribution >= 0.6 is 0 Å². The number of aromatic nitrogens is 3. The van der Waals surface area contributed by atoms with E-state index in [1.165, 1.54) is 4.90 Å². The Hall–Kier alpha value is -3.50. The van der Waals surface area contributed by atoms with Gasteiger partial charge in [0.25, 0.3) is 0 Å². The van der Waals surface area contributed by atoms with E-state index in [1.54, 1.807) is 22.7 Å². The molecule has 0 spiro atoms. The average molecular weight is 510 g/mol. The lowest BCUT2D eigenvalue weighted by Gasteiger charge is -2.35. The fourth-order valence-electron chi connectivity index (χ4n) is 4.45. The minimum atomic E-state index is -0.503. The zero-order valence-corrected chi connectivity index (χ0v) is 21.6. The van der Waals surface area contributed by atoms with E-state index in [9.17, 15) is 14.7 Å². The van der Waals surface area contributed by atoms with Crippen molar-refractivity contribution >= 4 is 22.8 Å². The standard InChI is InChI=1S/C27H35N5O5/c1-19-14-32(20(2)17-33)26(34)9-6-12-31-15-23(28-29-31)18-36-25(19)16-30(3)27(35)37-24-11-10-21-7-4-5-8-22(21)13-24/h4-5,7-8,10-11,13,15,19-20,25,33H,6,9,12,14,16-18H2,1-3H3/t19-,20-,25-/m1/s1. The number of carbonyl (C=O) groups excluding carboxylic acids is 2. The van der Waals surface area contributed by atoms with Gasteiger partial charge in [0.2, 0.25) is 5.91 Å². The summed E-state index contributed by atoms with van der Waals surface area (Å²) in [5, 5.41) is 20.1. The first-order chi connectivity index (χ1) is 17.8. The molecule has 0 saturated carbocycles. The van der Waals surface area contributed by atoms with Crippen LogP contribution in [0.5, 0.6) is 5.75 Å². The van der Waals surface area contributed by atoms with Crippen LogP contribution in [-0.2, 0) is 22.7 Å². The van der Waals surface area contributed by atoms with Crippen LogP contribution in [-0.4, -0.2) is 80.8 Å². The molecule has 10 heteroatoms. The molecule has 1 aliphatic heterocycles. The number of benzene rings is 2. The number of nitrogens with zero attached hydrogens (tertiary/aromatic N) is 5. The van der Waals surface area contributed by atoms with Crippen LogP contribution < -0.4 is 4.74 Å². The molecule has 10 nitrogen and oxygen atoms in total. The molecule has 0 radical (unpaired) electrons. The first-order valence-electron chi connectivity index (χ1n) is 12.7. The lowest BCUT2D eigenvalue weighted by molar-refractivity contribution is -0.136. The summed E-state index contributed by atoms with van der Waals surface area (Å²) in [6.07, 6.45) is 1.86. The van der Waals surface area contributed by atoms with Gasteiger partial charge in [0.15, 0.2) is 0 Å². The van der Waals surface area contributed by atoms with Gasteiger partial charge in [-0.25, -0.2) is 4.79 Å². The summed E-state index contributed by atoms with van der Waals surface area (Å²) < 4.78 is 13.6. The number of aryl methyl sites for hydroxylation is 1. The summed E-state index contributed by atoms with van der Waals surface area (Å²) >= 11 is 0. The first-order valence-corrected chi connectivity index (χ1v) is 12.7. The SMILES string of the molecule is C[C@@H]1CN([C@H](C)CO)C(=O)CCCn2cc(nn2)CO[C@@H]1CN(C)C(=O)Oc1ccc2ccccc2c1. The Kier molecular flexibility index (Phi) is 8.73. The van der Waals surface area contributed by atoms with Gasteiger partial charge < -0.3 is 24.4 Å². The Morgan fingerprint density at radius 1 is 1.27 bits per heavy atom. The van der Waals surface area contributed by atoms with E-state index in [0.29, 0.717) is 37.4 Å². The van der Waals surface area contributed by atoms with Gasteiger partial charge in [-0.1, -0.05) is 42.5 Å². The molecule has 2 bridgehead atoms. The minimum Gasteiger partial charge on any atom is -0.410 e. The molecule has 0 fully saturated rings. The normalized spacial score (nSPS) is 20.0. The molecule has 0 unspecified atom stereocenters. The van der Waals surface area contributed by atoms with Gasteiger partial charge in [-0.3, -0.25) is 9.48 Å². The highest BCUT2D eigenvalue weighted by molar-refractivity contribution is 5.84. The first kappa shape index (κ1) is 26.6. The topological polar surface area (TPSA) is 110 Å². The number of ether oxygens (including phenoxy) is 2. The number of aliphatic hydroxyl groups excluding tert-OH is 1. The Labute approximate surface area is 216 Å². The van der Waals surface area contributed by atoms with Crippen LogP contribution in [0, 0.1) is 5.92 Å². The highest BCUT2D eigenvalue weighted by atomic mass is 16.6. The molecule has 0 aliphatic carbocycles. The molecule has 1 aliphatic rings. The number of hydrogen-bond acceptors (Lipinski definition) is 7. The smallest absolute Gasteiger partial charge is 0.410 e. The van der Waals surface area contributed by atoms with Crippen LogP contribution in [0.2, 0.25) is 0 Å². The minimum absolute atomic E-state index is 0.0317. The molecule has 3 aromatic rings. The van der Waals surface area contributed by atoms with E-state index in [2.05, 4.69) is 10.3 Å². The van der Waals surface area contributed by atoms with E-state index < -0.39 is 12.2 Å². The Morgan fingerprint density at radius 2 is 2.05 bits per heavy atom. The van der Waals surface area contributed by atoms with Crippen molar-refractivity contribution < 1.29 is 24.2 Å². The van der Waals surface area contributed by atoms with Crippen LogP contribution in [0.1, 0.15) is 32.4 Å². The summed E-state index contributed by atoms with van der Waals surface area (Å²) in [6.45, 7) is 5.12. The quantitative estimate of drug-likeness (QED) is 0.563. The molecule has 0 saturated heterocycles. The van der Waals surface area contributed by atoms with Gasteiger partial charge in [-0.2, -0.15) is 0 Å². The molecule has 4 rings (SSSR count). The van der Waals surface area contributed by atoms with Gasteiger partial charge in [-0.15, -0.1) is 5.10 Å². The summed E-state index contributed by atoms with van der Waals surface area (Å²) in [6, 6.07) is 13.1. The van der Waals surface area contributed by atoms with Gasteiger partial charge in [-0.05, 0) is 36.2 Å². The number of hydrogen-bond donors (Lipinski definition) is 1. The molecule has 198 valence electrons. The average Bonchev–Trinajstić information content (AvgIpc) is 3.36. The van der Waals surface area contributed by atoms with E-state index in [4.69, 9.17) is 9.47 Å².